The van der Waals surface area contributed by atoms with Crippen molar-refractivity contribution >= 4 is 0 Å². The average molecular weight is 76.1 g/mol. The lowest BCUT2D eigenvalue weighted by atomic mass is 10.7. The maximum atomic E-state index is 4.94. The van der Waals surface area contributed by atoms with Gasteiger partial charge >= 0.3 is 0 Å². The van der Waals surface area contributed by atoms with Crippen LogP contribution in [0.4, 0.5) is 0 Å². The van der Waals surface area contributed by atoms with Crippen LogP contribution in [0.5, 0.6) is 0 Å². The molecule has 0 aliphatic rings. The summed E-state index contributed by atoms with van der Waals surface area (Å²) >= 11 is 0. The first-order valence-electron chi connectivity index (χ1n) is 1.38. The van der Waals surface area contributed by atoms with Crippen molar-refractivity contribution < 1.29 is 4.84 Å². The average Bonchev–Trinajstić information content (AvgIpc) is 1.38. The van der Waals surface area contributed by atoms with E-state index in [1.165, 1.54) is 0 Å². The second-order valence-corrected chi connectivity index (χ2v) is 0.841. The molecular formula is C2H8N2O. The topological polar surface area (TPSA) is 61.3 Å². The summed E-state index contributed by atoms with van der Waals surface area (Å²) in [6.45, 7) is 1.65. The van der Waals surface area contributed by atoms with Crippen molar-refractivity contribution in [3.05, 3.63) is 0 Å². The summed E-state index contributed by atoms with van der Waals surface area (Å²) < 4.78 is 0. The van der Waals surface area contributed by atoms with E-state index < -0.39 is 0 Å². The Morgan fingerprint density at radius 1 is 1.80 bits per heavy atom. The largest absolute Gasteiger partial charge is 0.305 e. The van der Waals surface area contributed by atoms with Gasteiger partial charge in [-0.25, -0.2) is 5.90 Å². The Bertz CT molecular complexity index is 21.6. The molecular weight excluding hydrogens is 68.0 g/mol. The Morgan fingerprint density at radius 2 is 2.00 bits per heavy atom. The highest BCUT2D eigenvalue weighted by Gasteiger charge is 1.79. The van der Waals surface area contributed by atoms with Crippen LogP contribution in [0.3, 0.4) is 0 Å². The molecule has 5 heavy (non-hydrogen) atoms. The predicted octanol–water partition coefficient (Wildman–Crippen LogP) is -0.819. The van der Waals surface area contributed by atoms with E-state index in [0.717, 1.165) is 0 Å². The minimum atomic E-state index is -0.338. The quantitative estimate of drug-likeness (QED) is 0.317. The van der Waals surface area contributed by atoms with Gasteiger partial charge in [-0.05, 0) is 6.92 Å². The third kappa shape index (κ3) is 3.88. The van der Waals surface area contributed by atoms with E-state index in [1.807, 2.05) is 0 Å². The van der Waals surface area contributed by atoms with Crippen LogP contribution in [0.1, 0.15) is 6.92 Å². The minimum Gasteiger partial charge on any atom is -0.305 e. The molecule has 0 bridgehead atoms. The van der Waals surface area contributed by atoms with E-state index in [2.05, 4.69) is 10.7 Å². The van der Waals surface area contributed by atoms with Gasteiger partial charge in [0, 0.05) is 0 Å². The predicted molar refractivity (Wildman–Crippen MR) is 18.9 cm³/mol. The van der Waals surface area contributed by atoms with Crippen molar-refractivity contribution in [2.24, 2.45) is 11.6 Å². The molecule has 0 aromatic carbocycles. The summed E-state index contributed by atoms with van der Waals surface area (Å²) in [7, 11) is 0. The van der Waals surface area contributed by atoms with Crippen molar-refractivity contribution in [1.29, 1.82) is 0 Å². The summed E-state index contributed by atoms with van der Waals surface area (Å²) in [6.07, 6.45) is -0.338. The monoisotopic (exact) mass is 76.1 g/mol. The summed E-state index contributed by atoms with van der Waals surface area (Å²) in [5.41, 5.74) is 4.94. The zero-order valence-electron chi connectivity index (χ0n) is 3.14. The molecule has 32 valence electrons. The third-order valence-corrected chi connectivity index (χ3v) is 0.215. The fourth-order valence-corrected chi connectivity index (χ4v) is 0. The smallest absolute Gasteiger partial charge is 0.123 e. The molecule has 0 radical (unpaired) electrons. The molecule has 0 aromatic heterocycles. The van der Waals surface area contributed by atoms with Gasteiger partial charge in [-0.3, -0.25) is 4.84 Å². The summed E-state index contributed by atoms with van der Waals surface area (Å²) in [5, 5.41) is 0. The molecule has 0 fully saturated rings. The van der Waals surface area contributed by atoms with Gasteiger partial charge in [-0.2, -0.15) is 0 Å². The molecule has 3 heteroatoms. The lowest BCUT2D eigenvalue weighted by Crippen LogP contribution is -2.22. The van der Waals surface area contributed by atoms with Gasteiger partial charge in [0.05, 0.1) is 0 Å². The molecule has 0 saturated heterocycles. The van der Waals surface area contributed by atoms with Crippen molar-refractivity contribution in [1.82, 2.24) is 0 Å². The Morgan fingerprint density at radius 3 is 2.00 bits per heavy atom. The Kier molecular flexibility index (Phi) is 2.09. The lowest BCUT2D eigenvalue weighted by Gasteiger charge is -1.94. The van der Waals surface area contributed by atoms with Crippen molar-refractivity contribution in [3.63, 3.8) is 0 Å². The molecule has 3 nitrogen and oxygen atoms in total. The van der Waals surface area contributed by atoms with E-state index in [-0.39, 0.29) is 6.23 Å². The zero-order valence-corrected chi connectivity index (χ0v) is 3.14. The van der Waals surface area contributed by atoms with Crippen LogP contribution in [0.15, 0.2) is 0 Å². The first-order valence-corrected chi connectivity index (χ1v) is 1.38. The molecule has 0 rings (SSSR count). The van der Waals surface area contributed by atoms with Gasteiger partial charge in [0.1, 0.15) is 6.23 Å². The number of hydrogen-bond acceptors (Lipinski definition) is 3. The van der Waals surface area contributed by atoms with Gasteiger partial charge in [0.2, 0.25) is 0 Å². The van der Waals surface area contributed by atoms with Gasteiger partial charge in [-0.1, -0.05) is 0 Å². The van der Waals surface area contributed by atoms with Crippen LogP contribution in [0.2, 0.25) is 0 Å². The van der Waals surface area contributed by atoms with Crippen molar-refractivity contribution in [3.8, 4) is 0 Å². The Labute approximate surface area is 30.9 Å². The molecule has 0 saturated carbocycles. The van der Waals surface area contributed by atoms with Crippen LogP contribution in [-0.2, 0) is 4.84 Å². The fourth-order valence-electron chi connectivity index (χ4n) is 0. The van der Waals surface area contributed by atoms with Gasteiger partial charge in [0.15, 0.2) is 0 Å². The first-order chi connectivity index (χ1) is 2.27. The normalized spacial score (nSPS) is 15.0. The molecule has 1 unspecified atom stereocenters. The highest BCUT2D eigenvalue weighted by molar-refractivity contribution is 4.21. The molecule has 4 N–H and O–H groups in total. The maximum absolute atomic E-state index is 4.94. The number of nitrogens with two attached hydrogens (primary N) is 2. The summed E-state index contributed by atoms with van der Waals surface area (Å²) in [6, 6.07) is 0. The molecule has 0 aliphatic heterocycles. The standard InChI is InChI=1S/C2H8N2O/c1-2(3)5-4/h2H,3-4H2,1H3. The molecule has 0 heterocycles. The lowest BCUT2D eigenvalue weighted by molar-refractivity contribution is 0.0715. The minimum absolute atomic E-state index is 0.338. The fraction of sp³-hybridized carbons (Fsp3) is 1.00. The molecule has 0 amide bonds. The zero-order chi connectivity index (χ0) is 4.28. The summed E-state index contributed by atoms with van der Waals surface area (Å²) in [4.78, 5) is 4.03. The van der Waals surface area contributed by atoms with Gasteiger partial charge in [0.25, 0.3) is 0 Å². The van der Waals surface area contributed by atoms with Crippen molar-refractivity contribution in [2.75, 3.05) is 0 Å². The second kappa shape index (κ2) is 2.14. The highest BCUT2D eigenvalue weighted by atomic mass is 16.6. The Hall–Kier alpha value is -0.120. The molecule has 0 aromatic rings. The van der Waals surface area contributed by atoms with E-state index in [9.17, 15) is 0 Å². The van der Waals surface area contributed by atoms with Crippen LogP contribution in [-0.4, -0.2) is 6.23 Å². The third-order valence-electron chi connectivity index (χ3n) is 0.215. The van der Waals surface area contributed by atoms with Gasteiger partial charge in [-0.15, -0.1) is 0 Å². The van der Waals surface area contributed by atoms with E-state index in [1.54, 1.807) is 6.92 Å². The highest BCUT2D eigenvalue weighted by Crippen LogP contribution is 1.62. The van der Waals surface area contributed by atoms with Crippen LogP contribution in [0, 0.1) is 0 Å². The second-order valence-electron chi connectivity index (χ2n) is 0.841. The van der Waals surface area contributed by atoms with E-state index >= 15 is 0 Å². The van der Waals surface area contributed by atoms with Crippen LogP contribution in [0.25, 0.3) is 0 Å². The summed E-state index contributed by atoms with van der Waals surface area (Å²) in [5.74, 6) is 4.55. The molecule has 1 atom stereocenters. The number of rotatable bonds is 1. The van der Waals surface area contributed by atoms with Gasteiger partial charge < -0.3 is 5.73 Å². The van der Waals surface area contributed by atoms with E-state index in [4.69, 9.17) is 5.73 Å². The van der Waals surface area contributed by atoms with Crippen LogP contribution >= 0.6 is 0 Å². The number of hydrogen-bond donors (Lipinski definition) is 2. The van der Waals surface area contributed by atoms with E-state index in [0.29, 0.717) is 0 Å². The first kappa shape index (κ1) is 4.88. The van der Waals surface area contributed by atoms with Crippen molar-refractivity contribution in [2.45, 2.75) is 13.2 Å². The molecule has 0 aliphatic carbocycles. The maximum Gasteiger partial charge on any atom is 0.123 e. The molecule has 0 spiro atoms. The van der Waals surface area contributed by atoms with Crippen LogP contribution < -0.4 is 11.6 Å². The Balaban J connectivity index is 2.54. The SMILES string of the molecule is CC(N)ON.